The first kappa shape index (κ1) is 23.9. The Balaban J connectivity index is 1.79. The molecule has 168 valence electrons. The highest BCUT2D eigenvalue weighted by molar-refractivity contribution is 5.88. The maximum atomic E-state index is 11.2. The first-order chi connectivity index (χ1) is 15.0. The zero-order chi connectivity index (χ0) is 22.5. The zero-order valence-corrected chi connectivity index (χ0v) is 18.6. The van der Waals surface area contributed by atoms with Crippen LogP contribution in [0.15, 0.2) is 53.5 Å². The molecule has 0 radical (unpaired) electrons. The minimum Gasteiger partial charge on any atom is -0.497 e. The zero-order valence-electron chi connectivity index (χ0n) is 18.6. The normalized spacial score (nSPS) is 11.9. The number of methoxy groups -OCH3 is 1. The molecule has 0 fully saturated rings. The molecule has 0 aliphatic rings. The lowest BCUT2D eigenvalue weighted by Gasteiger charge is -2.16. The number of nitrogens with zero attached hydrogens (tertiary/aromatic N) is 1. The monoisotopic (exact) mass is 428 g/mol. The van der Waals surface area contributed by atoms with Crippen LogP contribution < -0.4 is 30.2 Å². The van der Waals surface area contributed by atoms with E-state index >= 15 is 0 Å². The van der Waals surface area contributed by atoms with Gasteiger partial charge in [0.1, 0.15) is 30.0 Å². The van der Waals surface area contributed by atoms with Crippen molar-refractivity contribution in [3.63, 3.8) is 0 Å². The van der Waals surface area contributed by atoms with Crippen LogP contribution in [0.2, 0.25) is 0 Å². The lowest BCUT2D eigenvalue weighted by molar-refractivity contribution is -0.114. The number of nitrogens with one attached hydrogen (secondary N) is 3. The smallest absolute Gasteiger partial charge is 0.221 e. The van der Waals surface area contributed by atoms with Gasteiger partial charge in [-0.15, -0.1) is 0 Å². The standard InChI is InChI=1S/C23H32N4O4/c1-5-24-23(26-16-17(2)31-22-11-7-9-20(15-22)29-4)25-12-13-30-21-10-6-8-19(14-21)27-18(3)28/h6-11,14-15,17H,5,12-13,16H2,1-4H3,(H,27,28)(H2,24,25,26). The Kier molecular flexibility index (Phi) is 10.0. The molecular formula is C23H32N4O4. The van der Waals surface area contributed by atoms with Crippen molar-refractivity contribution >= 4 is 17.6 Å². The third-order valence-electron chi connectivity index (χ3n) is 4.05. The fourth-order valence-electron chi connectivity index (χ4n) is 2.71. The number of hydrogen-bond acceptors (Lipinski definition) is 5. The number of aliphatic imine (C=N–C) groups is 1. The van der Waals surface area contributed by atoms with Crippen molar-refractivity contribution in [1.29, 1.82) is 0 Å². The molecule has 0 saturated heterocycles. The second-order valence-corrected chi connectivity index (χ2v) is 6.81. The average molecular weight is 429 g/mol. The van der Waals surface area contributed by atoms with E-state index in [1.54, 1.807) is 13.2 Å². The molecule has 1 unspecified atom stereocenters. The predicted octanol–water partition coefficient (Wildman–Crippen LogP) is 3.06. The summed E-state index contributed by atoms with van der Waals surface area (Å²) in [6.45, 7) is 7.71. The fourth-order valence-corrected chi connectivity index (χ4v) is 2.71. The van der Waals surface area contributed by atoms with E-state index in [1.165, 1.54) is 6.92 Å². The van der Waals surface area contributed by atoms with Gasteiger partial charge in [0.25, 0.3) is 0 Å². The molecule has 0 saturated carbocycles. The second kappa shape index (κ2) is 13.0. The largest absolute Gasteiger partial charge is 0.497 e. The molecule has 0 aliphatic heterocycles. The van der Waals surface area contributed by atoms with Crippen molar-refractivity contribution in [1.82, 2.24) is 10.6 Å². The van der Waals surface area contributed by atoms with E-state index < -0.39 is 0 Å². The predicted molar refractivity (Wildman–Crippen MR) is 123 cm³/mol. The summed E-state index contributed by atoms with van der Waals surface area (Å²) in [6.07, 6.45) is -0.102. The third kappa shape index (κ3) is 9.29. The van der Waals surface area contributed by atoms with E-state index in [2.05, 4.69) is 20.9 Å². The molecule has 0 heterocycles. The minimum absolute atomic E-state index is 0.102. The number of rotatable bonds is 11. The molecule has 1 atom stereocenters. The lowest BCUT2D eigenvalue weighted by Crippen LogP contribution is -2.40. The number of anilines is 1. The molecule has 2 aromatic carbocycles. The van der Waals surface area contributed by atoms with Gasteiger partial charge in [-0.1, -0.05) is 12.1 Å². The number of benzene rings is 2. The molecule has 8 heteroatoms. The van der Waals surface area contributed by atoms with Gasteiger partial charge in [0, 0.05) is 31.3 Å². The summed E-state index contributed by atoms with van der Waals surface area (Å²) in [5.74, 6) is 2.77. The summed E-state index contributed by atoms with van der Waals surface area (Å²) < 4.78 is 16.9. The SMILES string of the molecule is CCNC(=NCC(C)Oc1cccc(OC)c1)NCCOc1cccc(NC(C)=O)c1. The van der Waals surface area contributed by atoms with Gasteiger partial charge in [0.15, 0.2) is 5.96 Å². The van der Waals surface area contributed by atoms with Crippen LogP contribution in [0.5, 0.6) is 17.2 Å². The molecule has 31 heavy (non-hydrogen) atoms. The molecule has 1 amide bonds. The van der Waals surface area contributed by atoms with Crippen LogP contribution in [0.3, 0.4) is 0 Å². The summed E-state index contributed by atoms with van der Waals surface area (Å²) in [7, 11) is 1.63. The number of carbonyl (C=O) groups excluding carboxylic acids is 1. The van der Waals surface area contributed by atoms with Crippen molar-refractivity contribution in [2.45, 2.75) is 26.9 Å². The lowest BCUT2D eigenvalue weighted by atomic mass is 10.3. The Morgan fingerprint density at radius 1 is 1.06 bits per heavy atom. The van der Waals surface area contributed by atoms with Crippen LogP contribution in [-0.4, -0.2) is 51.3 Å². The molecular weight excluding hydrogens is 396 g/mol. The molecule has 2 aromatic rings. The molecule has 0 aliphatic carbocycles. The Bertz CT molecular complexity index is 857. The summed E-state index contributed by atoms with van der Waals surface area (Å²) in [5, 5.41) is 9.19. The Labute approximate surface area is 184 Å². The summed E-state index contributed by atoms with van der Waals surface area (Å²) in [5.41, 5.74) is 0.706. The third-order valence-corrected chi connectivity index (χ3v) is 4.05. The molecule has 0 spiro atoms. The molecule has 0 bridgehead atoms. The number of ether oxygens (including phenoxy) is 3. The van der Waals surface area contributed by atoms with Crippen molar-refractivity contribution in [2.24, 2.45) is 4.99 Å². The molecule has 0 aromatic heterocycles. The Morgan fingerprint density at radius 2 is 1.81 bits per heavy atom. The summed E-state index contributed by atoms with van der Waals surface area (Å²) >= 11 is 0. The maximum absolute atomic E-state index is 11.2. The van der Waals surface area contributed by atoms with Gasteiger partial charge in [-0.25, -0.2) is 4.99 Å². The van der Waals surface area contributed by atoms with E-state index in [9.17, 15) is 4.79 Å². The van der Waals surface area contributed by atoms with Gasteiger partial charge >= 0.3 is 0 Å². The number of guanidine groups is 1. The van der Waals surface area contributed by atoms with Crippen LogP contribution >= 0.6 is 0 Å². The highest BCUT2D eigenvalue weighted by Crippen LogP contribution is 2.20. The van der Waals surface area contributed by atoms with E-state index in [1.807, 2.05) is 56.3 Å². The van der Waals surface area contributed by atoms with E-state index in [0.29, 0.717) is 37.1 Å². The molecule has 8 nitrogen and oxygen atoms in total. The van der Waals surface area contributed by atoms with Crippen LogP contribution in [0.25, 0.3) is 0 Å². The first-order valence-electron chi connectivity index (χ1n) is 10.3. The highest BCUT2D eigenvalue weighted by Gasteiger charge is 2.06. The van der Waals surface area contributed by atoms with Gasteiger partial charge in [-0.2, -0.15) is 0 Å². The van der Waals surface area contributed by atoms with Gasteiger partial charge in [-0.05, 0) is 38.1 Å². The Morgan fingerprint density at radius 3 is 2.55 bits per heavy atom. The Hall–Kier alpha value is -3.42. The van der Waals surface area contributed by atoms with E-state index in [0.717, 1.165) is 18.0 Å². The van der Waals surface area contributed by atoms with Gasteiger partial charge in [-0.3, -0.25) is 4.79 Å². The average Bonchev–Trinajstić information content (AvgIpc) is 2.75. The maximum Gasteiger partial charge on any atom is 0.221 e. The number of amides is 1. The first-order valence-corrected chi connectivity index (χ1v) is 10.3. The van der Waals surface area contributed by atoms with Crippen molar-refractivity contribution in [3.05, 3.63) is 48.5 Å². The molecule has 3 N–H and O–H groups in total. The van der Waals surface area contributed by atoms with E-state index in [4.69, 9.17) is 14.2 Å². The van der Waals surface area contributed by atoms with Gasteiger partial charge in [0.2, 0.25) is 5.91 Å². The minimum atomic E-state index is -0.116. The number of carbonyl (C=O) groups is 1. The highest BCUT2D eigenvalue weighted by atomic mass is 16.5. The topological polar surface area (TPSA) is 93.2 Å². The van der Waals surface area contributed by atoms with Gasteiger partial charge < -0.3 is 30.2 Å². The van der Waals surface area contributed by atoms with Gasteiger partial charge in [0.05, 0.1) is 20.2 Å². The second-order valence-electron chi connectivity index (χ2n) is 6.81. The van der Waals surface area contributed by atoms with Crippen molar-refractivity contribution < 1.29 is 19.0 Å². The van der Waals surface area contributed by atoms with Crippen molar-refractivity contribution in [2.75, 3.05) is 38.7 Å². The molecule has 2 rings (SSSR count). The van der Waals surface area contributed by atoms with Crippen LogP contribution in [0.1, 0.15) is 20.8 Å². The van der Waals surface area contributed by atoms with Crippen molar-refractivity contribution in [3.8, 4) is 17.2 Å². The van der Waals surface area contributed by atoms with E-state index in [-0.39, 0.29) is 12.0 Å². The summed E-state index contributed by atoms with van der Waals surface area (Å²) in [4.78, 5) is 15.7. The number of hydrogen-bond donors (Lipinski definition) is 3. The van der Waals surface area contributed by atoms with Crippen LogP contribution in [-0.2, 0) is 4.79 Å². The van der Waals surface area contributed by atoms with Crippen LogP contribution in [0.4, 0.5) is 5.69 Å². The quantitative estimate of drug-likeness (QED) is 0.289. The summed E-state index contributed by atoms with van der Waals surface area (Å²) in [6, 6.07) is 14.8. The fraction of sp³-hybridized carbons (Fsp3) is 0.391. The van der Waals surface area contributed by atoms with Crippen LogP contribution in [0, 0.1) is 0 Å².